The second-order valence-corrected chi connectivity index (χ2v) is 6.74. The molecule has 1 saturated heterocycles. The van der Waals surface area contributed by atoms with E-state index in [1.807, 2.05) is 6.07 Å². The lowest BCUT2D eigenvalue weighted by molar-refractivity contribution is -0.118. The Morgan fingerprint density at radius 1 is 1.35 bits per heavy atom. The van der Waals surface area contributed by atoms with E-state index in [9.17, 15) is 4.79 Å². The minimum atomic E-state index is -0.300. The first kappa shape index (κ1) is 16.1. The summed E-state index contributed by atoms with van der Waals surface area (Å²) in [5.41, 5.74) is 0.865. The van der Waals surface area contributed by atoms with Crippen LogP contribution in [0.25, 0.3) is 0 Å². The van der Waals surface area contributed by atoms with Gasteiger partial charge in [-0.2, -0.15) is 5.10 Å². The fourth-order valence-electron chi connectivity index (χ4n) is 1.98. The Morgan fingerprint density at radius 3 is 2.96 bits per heavy atom. The largest absolute Gasteiger partial charge is 0.463 e. The van der Waals surface area contributed by atoms with Crippen molar-refractivity contribution in [3.05, 3.63) is 58.0 Å². The summed E-state index contributed by atoms with van der Waals surface area (Å²) < 4.78 is 5.10. The van der Waals surface area contributed by atoms with Crippen molar-refractivity contribution in [2.24, 2.45) is 10.2 Å². The molecule has 2 aromatic rings. The fourth-order valence-corrected chi connectivity index (χ4v) is 3.41. The molecule has 2 heterocycles. The van der Waals surface area contributed by atoms with Gasteiger partial charge in [0.15, 0.2) is 5.17 Å². The Hall–Kier alpha value is -1.76. The first-order valence-corrected chi connectivity index (χ1v) is 8.31. The third kappa shape index (κ3) is 4.16. The highest BCUT2D eigenvalue weighted by atomic mass is 35.5. The molecule has 1 amide bonds. The zero-order valence-corrected chi connectivity index (χ0v) is 14.0. The molecule has 1 aromatic carbocycles. The maximum atomic E-state index is 12.0. The molecule has 1 fully saturated rings. The van der Waals surface area contributed by atoms with E-state index in [0.29, 0.717) is 27.4 Å². The lowest BCUT2D eigenvalue weighted by atomic mass is 10.1. The van der Waals surface area contributed by atoms with Crippen molar-refractivity contribution >= 4 is 52.3 Å². The minimum absolute atomic E-state index is 0.118. The predicted octanol–water partition coefficient (Wildman–Crippen LogP) is 3.75. The molecule has 1 aromatic heterocycles. The van der Waals surface area contributed by atoms with Gasteiger partial charge < -0.3 is 9.73 Å². The molecule has 0 unspecified atom stereocenters. The lowest BCUT2D eigenvalue weighted by Gasteiger charge is -2.07. The molecule has 0 bridgehead atoms. The number of nitrogens with zero attached hydrogens (tertiary/aromatic N) is 2. The number of amides is 1. The van der Waals surface area contributed by atoms with E-state index in [0.717, 1.165) is 5.56 Å². The maximum absolute atomic E-state index is 12.0. The fraction of sp³-hybridized carbons (Fsp3) is 0.133. The molecule has 0 radical (unpaired) electrons. The summed E-state index contributed by atoms with van der Waals surface area (Å²) in [6, 6.07) is 8.76. The molecule has 5 nitrogen and oxygen atoms in total. The maximum Gasteiger partial charge on any atom is 0.239 e. The van der Waals surface area contributed by atoms with E-state index >= 15 is 0 Å². The summed E-state index contributed by atoms with van der Waals surface area (Å²) in [4.78, 5) is 12.0. The van der Waals surface area contributed by atoms with Crippen LogP contribution in [-0.4, -0.2) is 22.5 Å². The number of carbonyl (C=O) groups excluding carboxylic acids is 1. The second-order valence-electron chi connectivity index (χ2n) is 4.70. The Bertz CT molecular complexity index is 775. The number of rotatable bonds is 4. The Labute approximate surface area is 146 Å². The third-order valence-corrected chi connectivity index (χ3v) is 4.73. The smallest absolute Gasteiger partial charge is 0.239 e. The summed E-state index contributed by atoms with van der Waals surface area (Å²) in [5, 5.41) is 11.8. The molecule has 1 N–H and O–H groups in total. The molecule has 0 spiro atoms. The summed E-state index contributed by atoms with van der Waals surface area (Å²) in [6.07, 6.45) is 3.52. The molecule has 118 valence electrons. The van der Waals surface area contributed by atoms with E-state index < -0.39 is 0 Å². The van der Waals surface area contributed by atoms with Crippen molar-refractivity contribution in [2.45, 2.75) is 11.7 Å². The quantitative estimate of drug-likeness (QED) is 0.660. The molecular weight excluding hydrogens is 357 g/mol. The minimum Gasteiger partial charge on any atom is -0.463 e. The van der Waals surface area contributed by atoms with Gasteiger partial charge in [0.25, 0.3) is 0 Å². The van der Waals surface area contributed by atoms with E-state index in [1.54, 1.807) is 30.5 Å². The van der Waals surface area contributed by atoms with Crippen molar-refractivity contribution in [2.75, 3.05) is 0 Å². The second kappa shape index (κ2) is 7.21. The zero-order valence-electron chi connectivity index (χ0n) is 11.7. The van der Waals surface area contributed by atoms with Crippen LogP contribution in [0.3, 0.4) is 0 Å². The molecule has 23 heavy (non-hydrogen) atoms. The van der Waals surface area contributed by atoms with Gasteiger partial charge in [-0.05, 0) is 36.2 Å². The van der Waals surface area contributed by atoms with Gasteiger partial charge in [0.05, 0.1) is 17.7 Å². The van der Waals surface area contributed by atoms with Crippen molar-refractivity contribution in [3.63, 3.8) is 0 Å². The van der Waals surface area contributed by atoms with Crippen LogP contribution >= 0.6 is 35.0 Å². The van der Waals surface area contributed by atoms with Gasteiger partial charge in [-0.3, -0.25) is 4.79 Å². The van der Waals surface area contributed by atoms with Crippen LogP contribution in [0, 0.1) is 0 Å². The number of amidine groups is 1. The van der Waals surface area contributed by atoms with Gasteiger partial charge in [0, 0.05) is 10.0 Å². The monoisotopic (exact) mass is 367 g/mol. The SMILES string of the molecule is O=C1N/C(=N\N=C/c2ccco2)S[C@H]1Cc1ccc(Cl)cc1Cl. The molecule has 8 heteroatoms. The number of hydrogen-bond acceptors (Lipinski definition) is 5. The van der Waals surface area contributed by atoms with Gasteiger partial charge in [0.1, 0.15) is 5.76 Å². The Balaban J connectivity index is 1.65. The molecule has 1 aliphatic heterocycles. The first-order valence-electron chi connectivity index (χ1n) is 6.68. The van der Waals surface area contributed by atoms with Gasteiger partial charge in [-0.15, -0.1) is 5.10 Å². The number of carbonyl (C=O) groups is 1. The molecule has 1 atom stereocenters. The number of thioether (sulfide) groups is 1. The van der Waals surface area contributed by atoms with Crippen molar-refractivity contribution in [1.82, 2.24) is 5.32 Å². The number of furan rings is 1. The van der Waals surface area contributed by atoms with Crippen LogP contribution in [-0.2, 0) is 11.2 Å². The Morgan fingerprint density at radius 2 is 2.22 bits per heavy atom. The highest BCUT2D eigenvalue weighted by Crippen LogP contribution is 2.28. The highest BCUT2D eigenvalue weighted by Gasteiger charge is 2.30. The standard InChI is InChI=1S/C15H11Cl2N3O2S/c16-10-4-3-9(12(17)7-10)6-13-14(21)19-15(23-13)20-18-8-11-2-1-5-22-11/h1-5,7-8,13H,6H2,(H,19,20,21)/b18-8-/t13-/m0/s1. The summed E-state index contributed by atoms with van der Waals surface area (Å²) in [7, 11) is 0. The van der Waals surface area contributed by atoms with Gasteiger partial charge in [0.2, 0.25) is 5.91 Å². The van der Waals surface area contributed by atoms with Gasteiger partial charge in [-0.25, -0.2) is 0 Å². The van der Waals surface area contributed by atoms with E-state index in [4.69, 9.17) is 27.6 Å². The normalized spacial score (nSPS) is 19.7. The average molecular weight is 368 g/mol. The average Bonchev–Trinajstić information content (AvgIpc) is 3.13. The van der Waals surface area contributed by atoms with Crippen LogP contribution in [0.4, 0.5) is 0 Å². The predicted molar refractivity (Wildman–Crippen MR) is 93.4 cm³/mol. The topological polar surface area (TPSA) is 67.0 Å². The van der Waals surface area contributed by atoms with Crippen LogP contribution in [0.5, 0.6) is 0 Å². The van der Waals surface area contributed by atoms with Gasteiger partial charge in [-0.1, -0.05) is 41.0 Å². The van der Waals surface area contributed by atoms with E-state index in [2.05, 4.69) is 15.5 Å². The van der Waals surface area contributed by atoms with E-state index in [1.165, 1.54) is 18.0 Å². The van der Waals surface area contributed by atoms with Crippen LogP contribution < -0.4 is 5.32 Å². The van der Waals surface area contributed by atoms with Crippen LogP contribution in [0.15, 0.2) is 51.2 Å². The van der Waals surface area contributed by atoms with Gasteiger partial charge >= 0.3 is 0 Å². The van der Waals surface area contributed by atoms with Crippen molar-refractivity contribution in [1.29, 1.82) is 0 Å². The molecule has 0 saturated carbocycles. The molecule has 0 aliphatic carbocycles. The summed E-state index contributed by atoms with van der Waals surface area (Å²) in [6.45, 7) is 0. The van der Waals surface area contributed by atoms with Crippen molar-refractivity contribution in [3.8, 4) is 0 Å². The van der Waals surface area contributed by atoms with Crippen molar-refractivity contribution < 1.29 is 9.21 Å². The number of benzene rings is 1. The zero-order chi connectivity index (χ0) is 16.2. The summed E-state index contributed by atoms with van der Waals surface area (Å²) >= 11 is 13.3. The number of halogens is 2. The number of nitrogens with one attached hydrogen (secondary N) is 1. The molecule has 1 aliphatic rings. The van der Waals surface area contributed by atoms with Crippen LogP contribution in [0.2, 0.25) is 10.0 Å². The molecular formula is C15H11Cl2N3O2S. The molecule has 3 rings (SSSR count). The lowest BCUT2D eigenvalue weighted by Crippen LogP contribution is -2.26. The summed E-state index contributed by atoms with van der Waals surface area (Å²) in [5.74, 6) is 0.473. The van der Waals surface area contributed by atoms with E-state index in [-0.39, 0.29) is 11.2 Å². The van der Waals surface area contributed by atoms with Crippen LogP contribution in [0.1, 0.15) is 11.3 Å². The third-order valence-electron chi connectivity index (χ3n) is 3.07. The highest BCUT2D eigenvalue weighted by molar-refractivity contribution is 8.15. The first-order chi connectivity index (χ1) is 11.1. The number of hydrogen-bond donors (Lipinski definition) is 1. The Kier molecular flexibility index (Phi) is 5.05.